The number of hydrogen-bond acceptors (Lipinski definition) is 2. The van der Waals surface area contributed by atoms with Crippen molar-refractivity contribution in [1.82, 2.24) is 0 Å². The lowest BCUT2D eigenvalue weighted by Gasteiger charge is -2.14. The SMILES string of the molecule is Oc1cc(-c2c(Cl)ccc(CC3CC3)c2O)cc(Cl)c1CC1CC1. The van der Waals surface area contributed by atoms with Gasteiger partial charge in [-0.1, -0.05) is 29.3 Å². The van der Waals surface area contributed by atoms with Crippen LogP contribution in [0.1, 0.15) is 36.8 Å². The van der Waals surface area contributed by atoms with Crippen LogP contribution in [0.4, 0.5) is 0 Å². The highest BCUT2D eigenvalue weighted by atomic mass is 35.5. The summed E-state index contributed by atoms with van der Waals surface area (Å²) in [7, 11) is 0. The molecule has 0 spiro atoms. The first-order valence-corrected chi connectivity index (χ1v) is 9.30. The lowest BCUT2D eigenvalue weighted by atomic mass is 9.96. The van der Waals surface area contributed by atoms with Gasteiger partial charge in [0, 0.05) is 16.1 Å². The second-order valence-corrected chi connectivity index (χ2v) is 8.00. The first-order valence-electron chi connectivity index (χ1n) is 8.55. The Morgan fingerprint density at radius 3 is 2.17 bits per heavy atom. The zero-order valence-electron chi connectivity index (χ0n) is 13.4. The lowest BCUT2D eigenvalue weighted by molar-refractivity contribution is 0.465. The van der Waals surface area contributed by atoms with Gasteiger partial charge in [-0.25, -0.2) is 0 Å². The number of halogens is 2. The number of aromatic hydroxyl groups is 2. The zero-order valence-corrected chi connectivity index (χ0v) is 14.9. The highest BCUT2D eigenvalue weighted by Gasteiger charge is 2.26. The van der Waals surface area contributed by atoms with Crippen LogP contribution in [0.2, 0.25) is 10.0 Å². The van der Waals surface area contributed by atoms with Crippen LogP contribution in [-0.4, -0.2) is 10.2 Å². The molecule has 126 valence electrons. The maximum atomic E-state index is 10.7. The van der Waals surface area contributed by atoms with Crippen LogP contribution in [0.15, 0.2) is 24.3 Å². The van der Waals surface area contributed by atoms with Gasteiger partial charge in [0.2, 0.25) is 0 Å². The van der Waals surface area contributed by atoms with Crippen LogP contribution in [0.5, 0.6) is 11.5 Å². The highest BCUT2D eigenvalue weighted by molar-refractivity contribution is 6.34. The van der Waals surface area contributed by atoms with Crippen LogP contribution in [0.3, 0.4) is 0 Å². The van der Waals surface area contributed by atoms with E-state index in [0.29, 0.717) is 33.0 Å². The second kappa shape index (κ2) is 6.16. The third kappa shape index (κ3) is 3.22. The minimum atomic E-state index is 0.187. The fourth-order valence-corrected chi connectivity index (χ4v) is 3.81. The Hall–Kier alpha value is -1.38. The molecule has 2 aromatic carbocycles. The number of phenols is 2. The summed E-state index contributed by atoms with van der Waals surface area (Å²) >= 11 is 12.8. The normalized spacial score (nSPS) is 17.2. The summed E-state index contributed by atoms with van der Waals surface area (Å²) in [5, 5.41) is 22.1. The van der Waals surface area contributed by atoms with E-state index < -0.39 is 0 Å². The average molecular weight is 363 g/mol. The second-order valence-electron chi connectivity index (χ2n) is 7.18. The average Bonchev–Trinajstić information content (AvgIpc) is 3.42. The van der Waals surface area contributed by atoms with Crippen molar-refractivity contribution in [2.24, 2.45) is 11.8 Å². The zero-order chi connectivity index (χ0) is 16.8. The van der Waals surface area contributed by atoms with Crippen LogP contribution < -0.4 is 0 Å². The molecule has 0 unspecified atom stereocenters. The summed E-state index contributed by atoms with van der Waals surface area (Å²) in [4.78, 5) is 0. The predicted molar refractivity (Wildman–Crippen MR) is 98.1 cm³/mol. The van der Waals surface area contributed by atoms with Crippen LogP contribution in [0, 0.1) is 11.8 Å². The van der Waals surface area contributed by atoms with Gasteiger partial charge in [-0.2, -0.15) is 0 Å². The molecule has 2 aliphatic rings. The lowest BCUT2D eigenvalue weighted by Crippen LogP contribution is -1.94. The van der Waals surface area contributed by atoms with Crippen molar-refractivity contribution in [3.63, 3.8) is 0 Å². The van der Waals surface area contributed by atoms with Gasteiger partial charge < -0.3 is 10.2 Å². The Kier molecular flexibility index (Phi) is 4.14. The third-order valence-corrected chi connectivity index (χ3v) is 5.72. The van der Waals surface area contributed by atoms with Gasteiger partial charge in [0.1, 0.15) is 11.5 Å². The molecule has 0 atom stereocenters. The highest BCUT2D eigenvalue weighted by Crippen LogP contribution is 2.45. The molecule has 4 heteroatoms. The van der Waals surface area contributed by atoms with Crippen LogP contribution in [0.25, 0.3) is 11.1 Å². The van der Waals surface area contributed by atoms with Gasteiger partial charge in [-0.15, -0.1) is 0 Å². The largest absolute Gasteiger partial charge is 0.508 e. The molecular formula is C20H20Cl2O2. The molecule has 0 amide bonds. The van der Waals surface area contributed by atoms with E-state index in [2.05, 4.69) is 0 Å². The van der Waals surface area contributed by atoms with Gasteiger partial charge in [-0.05, 0) is 79.7 Å². The predicted octanol–water partition coefficient (Wildman–Crippen LogP) is 5.98. The molecule has 0 aliphatic heterocycles. The Morgan fingerprint density at radius 2 is 1.54 bits per heavy atom. The number of benzene rings is 2. The van der Waals surface area contributed by atoms with Crippen molar-refractivity contribution >= 4 is 23.2 Å². The maximum Gasteiger partial charge on any atom is 0.128 e. The van der Waals surface area contributed by atoms with Crippen molar-refractivity contribution in [1.29, 1.82) is 0 Å². The summed E-state index contributed by atoms with van der Waals surface area (Å²) in [5.41, 5.74) is 2.93. The molecule has 2 aromatic rings. The molecule has 2 saturated carbocycles. The number of rotatable bonds is 5. The summed E-state index contributed by atoms with van der Waals surface area (Å²) in [6.45, 7) is 0. The number of hydrogen-bond donors (Lipinski definition) is 2. The minimum absolute atomic E-state index is 0.187. The van der Waals surface area contributed by atoms with Crippen molar-refractivity contribution < 1.29 is 10.2 Å². The van der Waals surface area contributed by atoms with E-state index in [-0.39, 0.29) is 11.5 Å². The minimum Gasteiger partial charge on any atom is -0.508 e. The molecule has 2 N–H and O–H groups in total. The Morgan fingerprint density at radius 1 is 0.875 bits per heavy atom. The van der Waals surface area contributed by atoms with E-state index in [1.807, 2.05) is 12.1 Å². The van der Waals surface area contributed by atoms with Gasteiger partial charge >= 0.3 is 0 Å². The Balaban J connectivity index is 1.74. The number of phenolic OH excluding ortho intramolecular Hbond substituents is 2. The monoisotopic (exact) mass is 362 g/mol. The fraction of sp³-hybridized carbons (Fsp3) is 0.400. The van der Waals surface area contributed by atoms with Crippen molar-refractivity contribution in [2.75, 3.05) is 0 Å². The van der Waals surface area contributed by atoms with E-state index in [1.165, 1.54) is 25.7 Å². The summed E-state index contributed by atoms with van der Waals surface area (Å²) < 4.78 is 0. The van der Waals surface area contributed by atoms with E-state index in [9.17, 15) is 10.2 Å². The molecule has 4 rings (SSSR count). The van der Waals surface area contributed by atoms with Crippen molar-refractivity contribution in [3.05, 3.63) is 45.4 Å². The standard InChI is InChI=1S/C20H20Cl2O2/c21-16-6-5-13(7-11-1-2-11)20(24)19(16)14-9-17(22)15(18(23)10-14)8-12-3-4-12/h5-6,9-12,23-24H,1-4,7-8H2. The maximum absolute atomic E-state index is 10.7. The van der Waals surface area contributed by atoms with E-state index in [0.717, 1.165) is 24.0 Å². The topological polar surface area (TPSA) is 40.5 Å². The Labute approximate surface area is 152 Å². The summed E-state index contributed by atoms with van der Waals surface area (Å²) in [5.74, 6) is 1.70. The smallest absolute Gasteiger partial charge is 0.128 e. The molecule has 2 aliphatic carbocycles. The van der Waals surface area contributed by atoms with Crippen molar-refractivity contribution in [2.45, 2.75) is 38.5 Å². The third-order valence-electron chi connectivity index (χ3n) is 5.07. The first kappa shape index (κ1) is 16.1. The molecule has 2 fully saturated rings. The molecule has 0 bridgehead atoms. The molecule has 2 nitrogen and oxygen atoms in total. The fourth-order valence-electron chi connectivity index (χ4n) is 3.26. The van der Waals surface area contributed by atoms with E-state index >= 15 is 0 Å². The van der Waals surface area contributed by atoms with Crippen LogP contribution >= 0.6 is 23.2 Å². The Bertz CT molecular complexity index is 769. The van der Waals surface area contributed by atoms with Crippen LogP contribution in [-0.2, 0) is 12.8 Å². The quantitative estimate of drug-likeness (QED) is 0.686. The molecule has 24 heavy (non-hydrogen) atoms. The first-order chi connectivity index (χ1) is 11.5. The summed E-state index contributed by atoms with van der Waals surface area (Å²) in [6.07, 6.45) is 6.53. The van der Waals surface area contributed by atoms with E-state index in [1.54, 1.807) is 12.1 Å². The van der Waals surface area contributed by atoms with Crippen molar-refractivity contribution in [3.8, 4) is 22.6 Å². The molecule has 0 heterocycles. The molecular weight excluding hydrogens is 343 g/mol. The van der Waals surface area contributed by atoms with Gasteiger partial charge in [0.05, 0.1) is 5.02 Å². The summed E-state index contributed by atoms with van der Waals surface area (Å²) in [6, 6.07) is 7.19. The van der Waals surface area contributed by atoms with Gasteiger partial charge in [0.25, 0.3) is 0 Å². The van der Waals surface area contributed by atoms with E-state index in [4.69, 9.17) is 23.2 Å². The molecule has 0 aromatic heterocycles. The van der Waals surface area contributed by atoms with Gasteiger partial charge in [-0.3, -0.25) is 0 Å². The molecule has 0 saturated heterocycles. The van der Waals surface area contributed by atoms with Gasteiger partial charge in [0.15, 0.2) is 0 Å². The molecule has 0 radical (unpaired) electrons.